The Balaban J connectivity index is 2.53. The van der Waals surface area contributed by atoms with E-state index in [0.29, 0.717) is 11.3 Å². The molecule has 0 aromatic heterocycles. The molecule has 2 rings (SSSR count). The van der Waals surface area contributed by atoms with Gasteiger partial charge >= 0.3 is 11.9 Å². The van der Waals surface area contributed by atoms with Gasteiger partial charge in [0, 0.05) is 5.92 Å². The summed E-state index contributed by atoms with van der Waals surface area (Å²) in [5.74, 6) is -1.79. The van der Waals surface area contributed by atoms with E-state index < -0.39 is 39.5 Å². The molecular weight excluding hydrogens is 326 g/mol. The van der Waals surface area contributed by atoms with Crippen LogP contribution in [0.3, 0.4) is 0 Å². The third kappa shape index (κ3) is 2.07. The quantitative estimate of drug-likeness (QED) is 0.678. The number of allylic oxidation sites excluding steroid dienone is 2. The molecule has 2 saturated carbocycles. The average Bonchev–Trinajstić information content (AvgIpc) is 3.22. The summed E-state index contributed by atoms with van der Waals surface area (Å²) >= 11 is 1.40. The summed E-state index contributed by atoms with van der Waals surface area (Å²) < 4.78 is 0. The highest BCUT2D eigenvalue weighted by atomic mass is 32.2. The molecule has 0 amide bonds. The zero-order valence-electron chi connectivity index (χ0n) is 14.8. The zero-order valence-corrected chi connectivity index (χ0v) is 15.7. The van der Waals surface area contributed by atoms with E-state index in [4.69, 9.17) is 0 Å². The van der Waals surface area contributed by atoms with Gasteiger partial charge in [-0.05, 0) is 29.4 Å². The van der Waals surface area contributed by atoms with Crippen molar-refractivity contribution in [1.82, 2.24) is 0 Å². The molecule has 0 spiro atoms. The zero-order chi connectivity index (χ0) is 18.6. The van der Waals surface area contributed by atoms with Gasteiger partial charge in [-0.1, -0.05) is 40.7 Å². The first-order valence-corrected chi connectivity index (χ1v) is 9.17. The Hall–Kier alpha value is -1.48. The average molecular weight is 351 g/mol. The fraction of sp³-hybridized carbons (Fsp3) is 0.722. The van der Waals surface area contributed by atoms with Crippen LogP contribution in [-0.4, -0.2) is 27.9 Å². The van der Waals surface area contributed by atoms with E-state index in [1.54, 1.807) is 19.9 Å². The van der Waals surface area contributed by atoms with Gasteiger partial charge in [0.2, 0.25) is 0 Å². The van der Waals surface area contributed by atoms with Crippen molar-refractivity contribution in [2.24, 2.45) is 27.6 Å². The van der Waals surface area contributed by atoms with Gasteiger partial charge < -0.3 is 10.2 Å². The number of carboxylic acids is 2. The molecule has 0 saturated heterocycles. The molecule has 0 heterocycles. The first-order chi connectivity index (χ1) is 11.0. The van der Waals surface area contributed by atoms with Crippen LogP contribution in [0.4, 0.5) is 0 Å². The van der Waals surface area contributed by atoms with E-state index >= 15 is 0 Å². The van der Waals surface area contributed by atoms with Gasteiger partial charge in [-0.15, -0.1) is 11.8 Å². The lowest BCUT2D eigenvalue weighted by atomic mass is 9.74. The predicted molar refractivity (Wildman–Crippen MR) is 92.3 cm³/mol. The van der Waals surface area contributed by atoms with Crippen molar-refractivity contribution >= 4 is 23.7 Å². The van der Waals surface area contributed by atoms with E-state index in [1.165, 1.54) is 11.8 Å². The maximum atomic E-state index is 12.3. The van der Waals surface area contributed by atoms with Crippen LogP contribution in [-0.2, 0) is 9.59 Å². The van der Waals surface area contributed by atoms with Gasteiger partial charge in [0.05, 0.1) is 15.7 Å². The number of carboxylic acid groups (broad SMARTS) is 2. The molecule has 132 valence electrons. The molecule has 0 radical (unpaired) electrons. The van der Waals surface area contributed by atoms with E-state index in [0.717, 1.165) is 12.2 Å². The normalized spacial score (nSPS) is 35.8. The first-order valence-electron chi connectivity index (χ1n) is 8.19. The largest absolute Gasteiger partial charge is 0.481 e. The summed E-state index contributed by atoms with van der Waals surface area (Å²) in [4.78, 5) is 24.9. The summed E-state index contributed by atoms with van der Waals surface area (Å²) in [5.41, 5.74) is -3.93. The van der Waals surface area contributed by atoms with Crippen molar-refractivity contribution in [2.75, 3.05) is 5.75 Å². The molecular formula is C18H25NO4S. The van der Waals surface area contributed by atoms with E-state index in [9.17, 15) is 25.1 Å². The van der Waals surface area contributed by atoms with Crippen molar-refractivity contribution in [1.29, 1.82) is 5.26 Å². The second kappa shape index (κ2) is 5.52. The Labute approximate surface area is 147 Å². The SMILES string of the molecule is CCCS/C(C#N)=C/C1C(C)(C)[C@]1(C(=O)O)C1(C(=O)O)CC1(C)C. The van der Waals surface area contributed by atoms with Gasteiger partial charge in [0.1, 0.15) is 6.07 Å². The second-order valence-electron chi connectivity index (χ2n) is 8.07. The number of hydrogen-bond donors (Lipinski definition) is 2. The van der Waals surface area contributed by atoms with Crippen molar-refractivity contribution in [3.63, 3.8) is 0 Å². The van der Waals surface area contributed by atoms with E-state index in [-0.39, 0.29) is 0 Å². The summed E-state index contributed by atoms with van der Waals surface area (Å²) in [6.07, 6.45) is 2.96. The summed E-state index contributed by atoms with van der Waals surface area (Å²) in [7, 11) is 0. The lowest BCUT2D eigenvalue weighted by Crippen LogP contribution is -2.41. The maximum absolute atomic E-state index is 12.3. The van der Waals surface area contributed by atoms with Gasteiger partial charge in [-0.3, -0.25) is 9.59 Å². The highest BCUT2D eigenvalue weighted by molar-refractivity contribution is 8.03. The molecule has 0 aromatic carbocycles. The Morgan fingerprint density at radius 2 is 1.79 bits per heavy atom. The minimum absolute atomic E-state index is 0.347. The van der Waals surface area contributed by atoms with Crippen molar-refractivity contribution in [2.45, 2.75) is 47.5 Å². The topological polar surface area (TPSA) is 98.4 Å². The number of hydrogen-bond acceptors (Lipinski definition) is 4. The van der Waals surface area contributed by atoms with Gasteiger partial charge in [-0.25, -0.2) is 0 Å². The minimum Gasteiger partial charge on any atom is -0.481 e. The molecule has 24 heavy (non-hydrogen) atoms. The fourth-order valence-electron chi connectivity index (χ4n) is 4.85. The molecule has 2 unspecified atom stereocenters. The first kappa shape index (κ1) is 18.9. The summed E-state index contributed by atoms with van der Waals surface area (Å²) in [5, 5.41) is 29.3. The smallest absolute Gasteiger partial charge is 0.312 e. The Bertz CT molecular complexity index is 660. The lowest BCUT2D eigenvalue weighted by molar-refractivity contribution is -0.162. The number of carbonyl (C=O) groups is 2. The molecule has 3 atom stereocenters. The highest BCUT2D eigenvalue weighted by Gasteiger charge is 2.92. The highest BCUT2D eigenvalue weighted by Crippen LogP contribution is 2.88. The maximum Gasteiger partial charge on any atom is 0.312 e. The van der Waals surface area contributed by atoms with Gasteiger partial charge in [-0.2, -0.15) is 5.26 Å². The van der Waals surface area contributed by atoms with Crippen LogP contribution in [0.1, 0.15) is 47.5 Å². The molecule has 0 aliphatic heterocycles. The molecule has 0 bridgehead atoms. The summed E-state index contributed by atoms with van der Waals surface area (Å²) in [6.45, 7) is 9.26. The Morgan fingerprint density at radius 3 is 2.12 bits per heavy atom. The third-order valence-electron chi connectivity index (χ3n) is 6.18. The minimum atomic E-state index is -1.37. The van der Waals surface area contributed by atoms with Crippen LogP contribution < -0.4 is 0 Å². The predicted octanol–water partition coefficient (Wildman–Crippen LogP) is 3.76. The second-order valence-corrected chi connectivity index (χ2v) is 9.21. The third-order valence-corrected chi connectivity index (χ3v) is 7.33. The van der Waals surface area contributed by atoms with Crippen LogP contribution >= 0.6 is 11.8 Å². The van der Waals surface area contributed by atoms with Crippen LogP contribution in [0.15, 0.2) is 11.0 Å². The van der Waals surface area contributed by atoms with Crippen LogP contribution in [0.2, 0.25) is 0 Å². The molecule has 2 aliphatic carbocycles. The number of rotatable bonds is 7. The standard InChI is InChI=1S/C18H25NO4S/c1-6-7-24-11(9-19)8-12-16(4,5)18(12,14(22)23)17(13(20)21)10-15(17,2)3/h8,12H,6-7,10H2,1-5H3,(H,20,21)(H,22,23)/b11-8+/t12?,17?,18-/m0/s1. The van der Waals surface area contributed by atoms with E-state index in [2.05, 4.69) is 6.07 Å². The van der Waals surface area contributed by atoms with E-state index in [1.807, 2.05) is 20.8 Å². The van der Waals surface area contributed by atoms with Crippen LogP contribution in [0, 0.1) is 38.9 Å². The fourth-order valence-corrected chi connectivity index (χ4v) is 5.57. The molecule has 2 N–H and O–H groups in total. The van der Waals surface area contributed by atoms with Crippen LogP contribution in [0.25, 0.3) is 0 Å². The summed E-state index contributed by atoms with van der Waals surface area (Å²) in [6, 6.07) is 2.13. The van der Waals surface area contributed by atoms with Crippen molar-refractivity contribution in [3.8, 4) is 6.07 Å². The van der Waals surface area contributed by atoms with Crippen molar-refractivity contribution < 1.29 is 19.8 Å². The molecule has 2 fully saturated rings. The number of nitrogens with zero attached hydrogens (tertiary/aromatic N) is 1. The van der Waals surface area contributed by atoms with Gasteiger partial charge in [0.15, 0.2) is 0 Å². The molecule has 5 nitrogen and oxygen atoms in total. The number of thioether (sulfide) groups is 1. The Morgan fingerprint density at radius 1 is 1.25 bits per heavy atom. The number of aliphatic carboxylic acids is 2. The Kier molecular flexibility index (Phi) is 4.34. The van der Waals surface area contributed by atoms with Crippen molar-refractivity contribution in [3.05, 3.63) is 11.0 Å². The molecule has 6 heteroatoms. The molecule has 0 aromatic rings. The number of nitriles is 1. The van der Waals surface area contributed by atoms with Gasteiger partial charge in [0.25, 0.3) is 0 Å². The van der Waals surface area contributed by atoms with Crippen LogP contribution in [0.5, 0.6) is 0 Å². The molecule has 2 aliphatic rings. The lowest BCUT2D eigenvalue weighted by Gasteiger charge is -2.27. The monoisotopic (exact) mass is 351 g/mol.